The van der Waals surface area contributed by atoms with Crippen LogP contribution in [0.3, 0.4) is 0 Å². The van der Waals surface area contributed by atoms with Crippen LogP contribution >= 0.6 is 0 Å². The Morgan fingerprint density at radius 2 is 1.71 bits per heavy atom. The van der Waals surface area contributed by atoms with Crippen molar-refractivity contribution in [3.8, 4) is 0 Å². The highest BCUT2D eigenvalue weighted by Crippen LogP contribution is 1.94. The van der Waals surface area contributed by atoms with Gasteiger partial charge in [0.25, 0.3) is 0 Å². The van der Waals surface area contributed by atoms with E-state index in [0.717, 1.165) is 0 Å². The molecule has 4 heteroatoms. The van der Waals surface area contributed by atoms with Gasteiger partial charge in [-0.25, -0.2) is 0 Å². The lowest BCUT2D eigenvalue weighted by Crippen LogP contribution is -2.35. The van der Waals surface area contributed by atoms with E-state index in [-0.39, 0.29) is 0 Å². The van der Waals surface area contributed by atoms with Crippen molar-refractivity contribution in [3.63, 3.8) is 0 Å². The van der Waals surface area contributed by atoms with Crippen molar-refractivity contribution in [1.82, 2.24) is 0 Å². The smallest absolute Gasteiger partial charge is 0.309 e. The molecule has 0 saturated heterocycles. The van der Waals surface area contributed by atoms with Crippen molar-refractivity contribution in [2.45, 2.75) is 13.1 Å². The standard InChI is InChI=1S/C3H8O3Si/c1-7(2,6)3(4)5/h6H,1-2H3,(H,4,5). The van der Waals surface area contributed by atoms with Gasteiger partial charge in [-0.2, -0.15) is 0 Å². The van der Waals surface area contributed by atoms with Crippen LogP contribution in [0, 0.1) is 0 Å². The third kappa shape index (κ3) is 2.36. The number of hydrogen-bond donors (Lipinski definition) is 2. The number of hydrogen-bond acceptors (Lipinski definition) is 2. The van der Waals surface area contributed by atoms with E-state index in [4.69, 9.17) is 9.90 Å². The molecule has 0 spiro atoms. The van der Waals surface area contributed by atoms with Crippen molar-refractivity contribution >= 4 is 13.9 Å². The quantitative estimate of drug-likeness (QED) is 0.494. The molecule has 0 aliphatic carbocycles. The fraction of sp³-hybridized carbons (Fsp3) is 0.667. The molecule has 0 atom stereocenters. The summed E-state index contributed by atoms with van der Waals surface area (Å²) in [5.74, 6) is 0. The molecule has 0 fully saturated rings. The maximum atomic E-state index is 9.83. The van der Waals surface area contributed by atoms with Gasteiger partial charge >= 0.3 is 13.9 Å². The summed E-state index contributed by atoms with van der Waals surface area (Å²) in [5.41, 5.74) is -1.06. The molecule has 0 aliphatic heterocycles. The summed E-state index contributed by atoms with van der Waals surface area (Å²) in [4.78, 5) is 18.5. The third-order valence-electron chi connectivity index (χ3n) is 0.523. The van der Waals surface area contributed by atoms with Gasteiger partial charge in [0.05, 0.1) is 0 Å². The van der Waals surface area contributed by atoms with Gasteiger partial charge in [-0.15, -0.1) is 0 Å². The molecule has 7 heavy (non-hydrogen) atoms. The van der Waals surface area contributed by atoms with Crippen molar-refractivity contribution in [2.75, 3.05) is 0 Å². The van der Waals surface area contributed by atoms with Gasteiger partial charge in [0.15, 0.2) is 0 Å². The van der Waals surface area contributed by atoms with Crippen LogP contribution in [0.5, 0.6) is 0 Å². The zero-order valence-electron chi connectivity index (χ0n) is 4.30. The van der Waals surface area contributed by atoms with E-state index in [1.807, 2.05) is 0 Å². The average molecular weight is 120 g/mol. The Kier molecular flexibility index (Phi) is 1.55. The Bertz CT molecular complexity index is 82.7. The molecule has 0 unspecified atom stereocenters. The fourth-order valence-electron chi connectivity index (χ4n) is 0. The molecule has 42 valence electrons. The minimum atomic E-state index is -2.82. The number of carboxylic acid groups (broad SMARTS) is 1. The first-order valence-corrected chi connectivity index (χ1v) is 4.85. The predicted molar refractivity (Wildman–Crippen MR) is 27.7 cm³/mol. The molecule has 0 aromatic heterocycles. The zero-order valence-corrected chi connectivity index (χ0v) is 5.30. The fourth-order valence-corrected chi connectivity index (χ4v) is 0. The van der Waals surface area contributed by atoms with Gasteiger partial charge < -0.3 is 9.90 Å². The highest BCUT2D eigenvalue weighted by atomic mass is 28.4. The minimum absolute atomic E-state index is 1.06. The molecule has 0 radical (unpaired) electrons. The first-order chi connectivity index (χ1) is 2.94. The first-order valence-electron chi connectivity index (χ1n) is 1.90. The van der Waals surface area contributed by atoms with Crippen LogP contribution < -0.4 is 0 Å². The molecule has 0 rings (SSSR count). The molecule has 0 bridgehead atoms. The minimum Gasteiger partial charge on any atom is -0.484 e. The second-order valence-corrected chi connectivity index (χ2v) is 5.41. The lowest BCUT2D eigenvalue weighted by Gasteiger charge is -2.03. The Labute approximate surface area is 42.7 Å². The maximum absolute atomic E-state index is 9.83. The van der Waals surface area contributed by atoms with Gasteiger partial charge in [-0.1, -0.05) is 0 Å². The summed E-state index contributed by atoms with van der Waals surface area (Å²) in [6.07, 6.45) is 0. The normalized spacial score (nSPS) is 11.3. The highest BCUT2D eigenvalue weighted by molar-refractivity contribution is 6.97. The van der Waals surface area contributed by atoms with E-state index < -0.39 is 13.9 Å². The van der Waals surface area contributed by atoms with Crippen molar-refractivity contribution in [2.24, 2.45) is 0 Å². The van der Waals surface area contributed by atoms with Gasteiger partial charge in [0.1, 0.15) is 0 Å². The molecule has 2 N–H and O–H groups in total. The Morgan fingerprint density at radius 3 is 1.71 bits per heavy atom. The predicted octanol–water partition coefficient (Wildman–Crippen LogP) is 0.443. The van der Waals surface area contributed by atoms with E-state index in [1.54, 1.807) is 0 Å². The summed E-state index contributed by atoms with van der Waals surface area (Å²) >= 11 is 0. The molecular formula is C3H8O3Si. The second-order valence-electron chi connectivity index (χ2n) is 1.86. The Balaban J connectivity index is 3.79. The van der Waals surface area contributed by atoms with E-state index in [9.17, 15) is 4.79 Å². The molecule has 0 amide bonds. The van der Waals surface area contributed by atoms with Crippen LogP contribution in [-0.2, 0) is 0 Å². The number of rotatable bonds is 1. The van der Waals surface area contributed by atoms with Gasteiger partial charge in [0, 0.05) is 0 Å². The summed E-state index contributed by atoms with van der Waals surface area (Å²) in [6.45, 7) is 2.71. The van der Waals surface area contributed by atoms with E-state index >= 15 is 0 Å². The van der Waals surface area contributed by atoms with E-state index in [0.29, 0.717) is 0 Å². The molecule has 0 aromatic carbocycles. The highest BCUT2D eigenvalue weighted by Gasteiger charge is 2.27. The van der Waals surface area contributed by atoms with E-state index in [2.05, 4.69) is 0 Å². The maximum Gasteiger partial charge on any atom is 0.309 e. The van der Waals surface area contributed by atoms with Gasteiger partial charge in [-0.05, 0) is 13.1 Å². The van der Waals surface area contributed by atoms with E-state index in [1.165, 1.54) is 13.1 Å². The van der Waals surface area contributed by atoms with Crippen molar-refractivity contribution < 1.29 is 14.7 Å². The summed E-state index contributed by atoms with van der Waals surface area (Å²) in [7, 11) is -2.82. The molecule has 0 aromatic rings. The second kappa shape index (κ2) is 1.63. The zero-order chi connectivity index (χ0) is 6.08. The monoisotopic (exact) mass is 120 g/mol. The molecule has 0 saturated carbocycles. The SMILES string of the molecule is C[Si](C)(O)C(=O)O. The third-order valence-corrected chi connectivity index (χ3v) is 1.57. The summed E-state index contributed by atoms with van der Waals surface area (Å²) in [5, 5.41) is 8.06. The summed E-state index contributed by atoms with van der Waals surface area (Å²) in [6, 6.07) is 0. The average Bonchev–Trinajstić information content (AvgIpc) is 1.31. The topological polar surface area (TPSA) is 57.5 Å². The molecule has 0 aliphatic rings. The Hall–Kier alpha value is -0.353. The Morgan fingerprint density at radius 1 is 1.57 bits per heavy atom. The van der Waals surface area contributed by atoms with Crippen LogP contribution in [-0.4, -0.2) is 23.8 Å². The number of carbonyl (C=O) groups is 1. The van der Waals surface area contributed by atoms with Crippen molar-refractivity contribution in [1.29, 1.82) is 0 Å². The van der Waals surface area contributed by atoms with Gasteiger partial charge in [-0.3, -0.25) is 4.79 Å². The lowest BCUT2D eigenvalue weighted by atomic mass is 11.6. The molecule has 3 nitrogen and oxygen atoms in total. The van der Waals surface area contributed by atoms with Crippen LogP contribution in [0.1, 0.15) is 0 Å². The van der Waals surface area contributed by atoms with Crippen LogP contribution in [0.2, 0.25) is 13.1 Å². The van der Waals surface area contributed by atoms with Gasteiger partial charge in [0.2, 0.25) is 0 Å². The molecule has 0 heterocycles. The lowest BCUT2D eigenvalue weighted by molar-refractivity contribution is 0.213. The first kappa shape index (κ1) is 6.65. The van der Waals surface area contributed by atoms with Crippen LogP contribution in [0.25, 0.3) is 0 Å². The van der Waals surface area contributed by atoms with Crippen molar-refractivity contribution in [3.05, 3.63) is 0 Å². The summed E-state index contributed by atoms with van der Waals surface area (Å²) < 4.78 is 0. The largest absolute Gasteiger partial charge is 0.484 e. The van der Waals surface area contributed by atoms with Crippen LogP contribution in [0.4, 0.5) is 4.79 Å². The molecular weight excluding hydrogens is 112 g/mol. The van der Waals surface area contributed by atoms with Crippen LogP contribution in [0.15, 0.2) is 0 Å².